The fraction of sp³-hybridized carbons (Fsp3) is 0.238. The van der Waals surface area contributed by atoms with Gasteiger partial charge in [-0.2, -0.15) is 5.26 Å². The number of nitrogens with two attached hydrogens (primary N) is 1. The van der Waals surface area contributed by atoms with E-state index in [1.54, 1.807) is 17.0 Å². The predicted molar refractivity (Wildman–Crippen MR) is 110 cm³/mol. The summed E-state index contributed by atoms with van der Waals surface area (Å²) >= 11 is 0. The lowest BCUT2D eigenvalue weighted by atomic mass is 10.0. The van der Waals surface area contributed by atoms with Crippen LogP contribution in [0.2, 0.25) is 0 Å². The Morgan fingerprint density at radius 3 is 2.62 bits per heavy atom. The summed E-state index contributed by atoms with van der Waals surface area (Å²) in [6.45, 7) is 1.08. The Kier molecular flexibility index (Phi) is 6.32. The number of hydrogen-bond acceptors (Lipinski definition) is 5. The van der Waals surface area contributed by atoms with Gasteiger partial charge in [-0.3, -0.25) is 4.79 Å². The topological polar surface area (TPSA) is 116 Å². The van der Waals surface area contributed by atoms with Crippen molar-refractivity contribution in [2.75, 3.05) is 18.0 Å². The molecule has 2 aromatic rings. The summed E-state index contributed by atoms with van der Waals surface area (Å²) in [5, 5.41) is 17.5. The molecule has 1 aliphatic rings. The SMILES string of the molecule is N#C/C(=C/NCCc1ccc(S(N)(=O)=O)cc1)C(=O)N1CCCc2ccccc21. The first-order chi connectivity index (χ1) is 13.9. The third kappa shape index (κ3) is 5.02. The van der Waals surface area contributed by atoms with Crippen LogP contribution < -0.4 is 15.4 Å². The lowest BCUT2D eigenvalue weighted by Crippen LogP contribution is -2.36. The maximum Gasteiger partial charge on any atom is 0.270 e. The number of anilines is 1. The first-order valence-corrected chi connectivity index (χ1v) is 10.8. The van der Waals surface area contributed by atoms with E-state index in [2.05, 4.69) is 5.32 Å². The van der Waals surface area contributed by atoms with Gasteiger partial charge in [-0.05, 0) is 48.6 Å². The van der Waals surface area contributed by atoms with Crippen LogP contribution in [0.1, 0.15) is 17.5 Å². The van der Waals surface area contributed by atoms with Crippen LogP contribution in [0, 0.1) is 11.3 Å². The summed E-state index contributed by atoms with van der Waals surface area (Å²) in [6, 6.07) is 16.0. The molecule has 7 nitrogen and oxygen atoms in total. The Balaban J connectivity index is 1.61. The fourth-order valence-corrected chi connectivity index (χ4v) is 3.78. The van der Waals surface area contributed by atoms with Gasteiger partial charge in [0.1, 0.15) is 11.6 Å². The lowest BCUT2D eigenvalue weighted by Gasteiger charge is -2.29. The van der Waals surface area contributed by atoms with Crippen molar-refractivity contribution in [2.24, 2.45) is 5.14 Å². The lowest BCUT2D eigenvalue weighted by molar-refractivity contribution is -0.114. The van der Waals surface area contributed by atoms with Crippen LogP contribution in [0.25, 0.3) is 0 Å². The Hall–Kier alpha value is -3.15. The van der Waals surface area contributed by atoms with Crippen molar-refractivity contribution in [3.8, 4) is 6.07 Å². The average molecular weight is 410 g/mol. The van der Waals surface area contributed by atoms with E-state index in [1.165, 1.54) is 18.3 Å². The number of carbonyl (C=O) groups excluding carboxylic acids is 1. The molecule has 1 amide bonds. The molecule has 150 valence electrons. The molecule has 1 aliphatic heterocycles. The van der Waals surface area contributed by atoms with E-state index >= 15 is 0 Å². The number of benzene rings is 2. The third-order valence-corrected chi connectivity index (χ3v) is 5.69. The summed E-state index contributed by atoms with van der Waals surface area (Å²) in [4.78, 5) is 14.5. The van der Waals surface area contributed by atoms with E-state index in [9.17, 15) is 18.5 Å². The number of fused-ring (bicyclic) bond motifs is 1. The number of nitrogens with zero attached hydrogens (tertiary/aromatic N) is 2. The molecule has 0 aromatic heterocycles. The van der Waals surface area contributed by atoms with E-state index in [0.29, 0.717) is 19.5 Å². The van der Waals surface area contributed by atoms with Gasteiger partial charge in [-0.25, -0.2) is 13.6 Å². The van der Waals surface area contributed by atoms with Gasteiger partial charge in [-0.1, -0.05) is 30.3 Å². The van der Waals surface area contributed by atoms with Gasteiger partial charge in [0.15, 0.2) is 0 Å². The van der Waals surface area contributed by atoms with Crippen molar-refractivity contribution in [3.63, 3.8) is 0 Å². The maximum absolute atomic E-state index is 12.8. The van der Waals surface area contributed by atoms with Gasteiger partial charge in [0.25, 0.3) is 5.91 Å². The standard InChI is InChI=1S/C21H22N4O3S/c22-14-18(21(26)25-13-3-5-17-4-1-2-6-20(17)25)15-24-12-11-16-7-9-19(10-8-16)29(23,27)28/h1-2,4,6-10,15,24H,3,5,11-13H2,(H2,23,27,28)/b18-15-. The zero-order chi connectivity index (χ0) is 20.9. The second-order valence-electron chi connectivity index (χ2n) is 6.75. The number of rotatable bonds is 6. The van der Waals surface area contributed by atoms with Crippen molar-refractivity contribution in [1.29, 1.82) is 5.26 Å². The summed E-state index contributed by atoms with van der Waals surface area (Å²) in [5.41, 5.74) is 2.93. The molecule has 3 N–H and O–H groups in total. The summed E-state index contributed by atoms with van der Waals surface area (Å²) in [7, 11) is -3.70. The normalized spacial score (nSPS) is 14.1. The first-order valence-electron chi connectivity index (χ1n) is 9.25. The molecule has 0 bridgehead atoms. The first kappa shape index (κ1) is 20.6. The highest BCUT2D eigenvalue weighted by atomic mass is 32.2. The molecule has 0 radical (unpaired) electrons. The average Bonchev–Trinajstić information content (AvgIpc) is 2.72. The Morgan fingerprint density at radius 1 is 1.21 bits per heavy atom. The Morgan fingerprint density at radius 2 is 1.93 bits per heavy atom. The number of carbonyl (C=O) groups is 1. The molecular formula is C21H22N4O3S. The minimum Gasteiger partial charge on any atom is -0.389 e. The monoisotopic (exact) mass is 410 g/mol. The highest BCUT2D eigenvalue weighted by Crippen LogP contribution is 2.27. The predicted octanol–water partition coefficient (Wildman–Crippen LogP) is 1.85. The number of aryl methyl sites for hydroxylation is 1. The molecule has 0 fully saturated rings. The van der Waals surface area contributed by atoms with Gasteiger partial charge in [0.2, 0.25) is 10.0 Å². The molecule has 1 heterocycles. The van der Waals surface area contributed by atoms with Gasteiger partial charge in [-0.15, -0.1) is 0 Å². The molecule has 0 unspecified atom stereocenters. The summed E-state index contributed by atoms with van der Waals surface area (Å²) < 4.78 is 22.6. The van der Waals surface area contributed by atoms with Crippen LogP contribution in [0.5, 0.6) is 0 Å². The van der Waals surface area contributed by atoms with Gasteiger partial charge >= 0.3 is 0 Å². The second-order valence-corrected chi connectivity index (χ2v) is 8.31. The number of sulfonamides is 1. The Labute approximate surface area is 170 Å². The highest BCUT2D eigenvalue weighted by molar-refractivity contribution is 7.89. The van der Waals surface area contributed by atoms with Crippen molar-refractivity contribution in [2.45, 2.75) is 24.2 Å². The smallest absolute Gasteiger partial charge is 0.270 e. The number of nitriles is 1. The molecule has 0 saturated heterocycles. The highest BCUT2D eigenvalue weighted by Gasteiger charge is 2.24. The van der Waals surface area contributed by atoms with Gasteiger partial charge in [0.05, 0.1) is 4.90 Å². The number of para-hydroxylation sites is 1. The minimum atomic E-state index is -3.70. The molecule has 29 heavy (non-hydrogen) atoms. The largest absolute Gasteiger partial charge is 0.389 e. The number of nitrogens with one attached hydrogen (secondary N) is 1. The quantitative estimate of drug-likeness (QED) is 0.428. The van der Waals surface area contributed by atoms with Crippen LogP contribution in [0.4, 0.5) is 5.69 Å². The Bertz CT molecular complexity index is 1070. The minimum absolute atomic E-state index is 0.0475. The van der Waals surface area contributed by atoms with Crippen molar-refractivity contribution < 1.29 is 13.2 Å². The number of primary sulfonamides is 1. The fourth-order valence-electron chi connectivity index (χ4n) is 3.27. The molecule has 8 heteroatoms. The summed E-state index contributed by atoms with van der Waals surface area (Å²) in [6.07, 6.45) is 3.83. The van der Waals surface area contributed by atoms with E-state index in [-0.39, 0.29) is 16.4 Å². The van der Waals surface area contributed by atoms with E-state index in [0.717, 1.165) is 29.7 Å². The maximum atomic E-state index is 12.8. The van der Waals surface area contributed by atoms with Crippen LogP contribution in [-0.2, 0) is 27.7 Å². The molecule has 3 rings (SSSR count). The molecule has 2 aromatic carbocycles. The van der Waals surface area contributed by atoms with Crippen LogP contribution in [0.3, 0.4) is 0 Å². The van der Waals surface area contributed by atoms with Gasteiger partial charge < -0.3 is 10.2 Å². The molecule has 0 atom stereocenters. The molecule has 0 aliphatic carbocycles. The van der Waals surface area contributed by atoms with Crippen LogP contribution in [-0.4, -0.2) is 27.4 Å². The third-order valence-electron chi connectivity index (χ3n) is 4.76. The zero-order valence-corrected chi connectivity index (χ0v) is 16.7. The van der Waals surface area contributed by atoms with Crippen LogP contribution >= 0.6 is 0 Å². The zero-order valence-electron chi connectivity index (χ0n) is 15.8. The number of amides is 1. The number of hydrogen-bond donors (Lipinski definition) is 2. The van der Waals surface area contributed by atoms with E-state index in [4.69, 9.17) is 5.14 Å². The molecule has 0 saturated carbocycles. The van der Waals surface area contributed by atoms with E-state index < -0.39 is 10.0 Å². The van der Waals surface area contributed by atoms with Gasteiger partial charge in [0, 0.05) is 25.0 Å². The van der Waals surface area contributed by atoms with Crippen molar-refractivity contribution >= 4 is 21.6 Å². The van der Waals surface area contributed by atoms with Crippen LogP contribution in [0.15, 0.2) is 65.2 Å². The van der Waals surface area contributed by atoms with Crippen molar-refractivity contribution in [1.82, 2.24) is 5.32 Å². The summed E-state index contributed by atoms with van der Waals surface area (Å²) in [5.74, 6) is -0.315. The second kappa shape index (κ2) is 8.90. The molecular weight excluding hydrogens is 388 g/mol. The molecule has 0 spiro atoms. The van der Waals surface area contributed by atoms with Crippen molar-refractivity contribution in [3.05, 3.63) is 71.4 Å². The van der Waals surface area contributed by atoms with E-state index in [1.807, 2.05) is 30.3 Å².